The number of nitrogens with zero attached hydrogens (tertiary/aromatic N) is 4. The van der Waals surface area contributed by atoms with Crippen LogP contribution < -0.4 is 10.1 Å². The van der Waals surface area contributed by atoms with E-state index in [-0.39, 0.29) is 17.9 Å². The largest absolute Gasteiger partial charge is 0.475 e. The predicted octanol–water partition coefficient (Wildman–Crippen LogP) is 3.93. The zero-order valence-electron chi connectivity index (χ0n) is 18.3. The number of amides is 1. The maximum atomic E-state index is 12.2. The van der Waals surface area contributed by atoms with Gasteiger partial charge in [0.1, 0.15) is 23.2 Å². The molecule has 1 fully saturated rings. The third-order valence-electron chi connectivity index (χ3n) is 6.24. The molecule has 5 heterocycles. The Bertz CT molecular complexity index is 1450. The zero-order chi connectivity index (χ0) is 22.7. The van der Waals surface area contributed by atoms with Gasteiger partial charge in [0.25, 0.3) is 0 Å². The second-order valence-electron chi connectivity index (χ2n) is 8.72. The highest BCUT2D eigenvalue weighted by molar-refractivity contribution is 7.13. The molecule has 2 aliphatic rings. The predicted molar refractivity (Wildman–Crippen MR) is 125 cm³/mol. The number of aryl methyl sites for hydroxylation is 2. The van der Waals surface area contributed by atoms with Gasteiger partial charge in [-0.15, -0.1) is 11.3 Å². The van der Waals surface area contributed by atoms with E-state index >= 15 is 0 Å². The Morgan fingerprint density at radius 3 is 3.00 bits per heavy atom. The van der Waals surface area contributed by atoms with Gasteiger partial charge in [0.05, 0.1) is 29.5 Å². The summed E-state index contributed by atoms with van der Waals surface area (Å²) in [5.41, 5.74) is 5.10. The molecular formula is C24H22N6O2S. The van der Waals surface area contributed by atoms with Crippen molar-refractivity contribution in [3.8, 4) is 34.3 Å². The number of fused-ring (bicyclic) bond motifs is 2. The van der Waals surface area contributed by atoms with Gasteiger partial charge in [-0.3, -0.25) is 4.79 Å². The molecule has 1 amide bonds. The van der Waals surface area contributed by atoms with Crippen LogP contribution in [-0.2, 0) is 11.3 Å². The third-order valence-corrected chi connectivity index (χ3v) is 7.19. The molecule has 0 unspecified atom stereocenters. The average molecular weight is 459 g/mol. The number of hydrogen-bond acceptors (Lipinski definition) is 6. The standard InChI is InChI=1S/C24H22N6O2S/c1-12-8-17(18(9-25)33-12)20-16-4-3-7-26-22(16)28-21(20)19-13(2)29-30-10-15(11-32-24(19)30)27-23(31)14-5-6-14/h3-4,7-8,14-15H,5-6,10-11H2,1-2H3,(H,26,28)(H,27,31)/t15-/m0/s1. The lowest BCUT2D eigenvalue weighted by Crippen LogP contribution is -2.45. The van der Waals surface area contributed by atoms with Gasteiger partial charge in [-0.1, -0.05) is 0 Å². The van der Waals surface area contributed by atoms with Gasteiger partial charge >= 0.3 is 0 Å². The molecule has 9 heteroatoms. The molecule has 0 aromatic carbocycles. The molecule has 166 valence electrons. The van der Waals surface area contributed by atoms with E-state index in [1.165, 1.54) is 11.3 Å². The number of carbonyl (C=O) groups is 1. The number of H-pyrrole nitrogens is 1. The second kappa shape index (κ2) is 7.46. The molecule has 0 saturated heterocycles. The van der Waals surface area contributed by atoms with Gasteiger partial charge in [-0.25, -0.2) is 9.67 Å². The zero-order valence-corrected chi connectivity index (χ0v) is 19.1. The first-order valence-electron chi connectivity index (χ1n) is 11.0. The normalized spacial score (nSPS) is 17.4. The lowest BCUT2D eigenvalue weighted by molar-refractivity contribution is -0.123. The van der Waals surface area contributed by atoms with E-state index in [2.05, 4.69) is 27.4 Å². The van der Waals surface area contributed by atoms with E-state index in [1.807, 2.05) is 30.7 Å². The molecule has 2 N–H and O–H groups in total. The maximum Gasteiger partial charge on any atom is 0.223 e. The quantitative estimate of drug-likeness (QED) is 0.482. The molecule has 0 bridgehead atoms. The Kier molecular flexibility index (Phi) is 4.52. The van der Waals surface area contributed by atoms with E-state index in [0.29, 0.717) is 23.9 Å². The van der Waals surface area contributed by atoms with Crippen LogP contribution in [0.1, 0.15) is 28.3 Å². The van der Waals surface area contributed by atoms with Crippen LogP contribution in [0.25, 0.3) is 33.4 Å². The summed E-state index contributed by atoms with van der Waals surface area (Å²) in [6, 6.07) is 8.21. The minimum Gasteiger partial charge on any atom is -0.475 e. The van der Waals surface area contributed by atoms with Crippen LogP contribution in [0.15, 0.2) is 24.4 Å². The van der Waals surface area contributed by atoms with Crippen molar-refractivity contribution >= 4 is 28.3 Å². The lowest BCUT2D eigenvalue weighted by atomic mass is 9.99. The fourth-order valence-electron chi connectivity index (χ4n) is 4.58. The highest BCUT2D eigenvalue weighted by atomic mass is 32.1. The first-order chi connectivity index (χ1) is 16.0. The Morgan fingerprint density at radius 1 is 1.36 bits per heavy atom. The van der Waals surface area contributed by atoms with E-state index in [1.54, 1.807) is 6.20 Å². The fraction of sp³-hybridized carbons (Fsp3) is 0.333. The summed E-state index contributed by atoms with van der Waals surface area (Å²) in [4.78, 5) is 21.9. The molecule has 0 radical (unpaired) electrons. The van der Waals surface area contributed by atoms with Crippen molar-refractivity contribution in [1.29, 1.82) is 5.26 Å². The molecule has 1 aliphatic heterocycles. The number of hydrogen-bond donors (Lipinski definition) is 2. The van der Waals surface area contributed by atoms with Crippen LogP contribution in [0.2, 0.25) is 0 Å². The van der Waals surface area contributed by atoms with Gasteiger partial charge in [0.15, 0.2) is 0 Å². The van der Waals surface area contributed by atoms with Gasteiger partial charge in [0.2, 0.25) is 11.8 Å². The molecule has 4 aromatic rings. The summed E-state index contributed by atoms with van der Waals surface area (Å²) in [7, 11) is 0. The minimum atomic E-state index is -0.105. The van der Waals surface area contributed by atoms with Crippen LogP contribution in [-0.4, -0.2) is 38.3 Å². The van der Waals surface area contributed by atoms with Crippen LogP contribution in [0.5, 0.6) is 5.88 Å². The van der Waals surface area contributed by atoms with E-state index < -0.39 is 0 Å². The summed E-state index contributed by atoms with van der Waals surface area (Å²) in [5, 5.41) is 18.6. The van der Waals surface area contributed by atoms with Crippen LogP contribution in [0.3, 0.4) is 0 Å². The number of nitriles is 1. The monoisotopic (exact) mass is 458 g/mol. The fourth-order valence-corrected chi connectivity index (χ4v) is 5.40. The Hall–Kier alpha value is -3.64. The first kappa shape index (κ1) is 20.0. The highest BCUT2D eigenvalue weighted by Gasteiger charge is 2.34. The lowest BCUT2D eigenvalue weighted by Gasteiger charge is -2.25. The van der Waals surface area contributed by atoms with Gasteiger partial charge in [-0.2, -0.15) is 10.4 Å². The summed E-state index contributed by atoms with van der Waals surface area (Å²) in [5.74, 6) is 0.936. The number of thiophene rings is 1. The summed E-state index contributed by atoms with van der Waals surface area (Å²) in [6.45, 7) is 4.91. The van der Waals surface area contributed by atoms with Crippen LogP contribution >= 0.6 is 11.3 Å². The van der Waals surface area contributed by atoms with Gasteiger partial charge in [-0.05, 0) is 44.9 Å². The molecule has 1 atom stereocenters. The second-order valence-corrected chi connectivity index (χ2v) is 9.98. The molecule has 0 spiro atoms. The number of aromatic amines is 1. The number of ether oxygens (including phenoxy) is 1. The molecule has 6 rings (SSSR count). The molecule has 8 nitrogen and oxygen atoms in total. The molecule has 1 saturated carbocycles. The van der Waals surface area contributed by atoms with Crippen LogP contribution in [0.4, 0.5) is 0 Å². The van der Waals surface area contributed by atoms with Crippen molar-refractivity contribution < 1.29 is 9.53 Å². The number of pyridine rings is 1. The molecular weight excluding hydrogens is 436 g/mol. The van der Waals surface area contributed by atoms with Gasteiger partial charge in [0, 0.05) is 33.5 Å². The number of aromatic nitrogens is 4. The van der Waals surface area contributed by atoms with Crippen molar-refractivity contribution in [3.05, 3.63) is 39.8 Å². The molecule has 33 heavy (non-hydrogen) atoms. The number of nitrogens with one attached hydrogen (secondary N) is 2. The highest BCUT2D eigenvalue weighted by Crippen LogP contribution is 2.45. The van der Waals surface area contributed by atoms with Crippen molar-refractivity contribution in [2.75, 3.05) is 6.61 Å². The Labute approximate surface area is 194 Å². The molecule has 4 aromatic heterocycles. The van der Waals surface area contributed by atoms with Crippen molar-refractivity contribution in [2.45, 2.75) is 39.3 Å². The SMILES string of the molecule is Cc1cc(-c2c(-c3c(C)nn4c3OC[C@@H](NC(=O)C3CC3)C4)[nH]c3ncccc23)c(C#N)s1. The van der Waals surface area contributed by atoms with Gasteiger partial charge < -0.3 is 15.0 Å². The molecule has 1 aliphatic carbocycles. The summed E-state index contributed by atoms with van der Waals surface area (Å²) in [6.07, 6.45) is 3.69. The van der Waals surface area contributed by atoms with Crippen molar-refractivity contribution in [2.24, 2.45) is 5.92 Å². The van der Waals surface area contributed by atoms with Crippen molar-refractivity contribution in [1.82, 2.24) is 25.1 Å². The van der Waals surface area contributed by atoms with Crippen LogP contribution in [0, 0.1) is 31.1 Å². The average Bonchev–Trinajstić information content (AvgIpc) is 3.39. The maximum absolute atomic E-state index is 12.2. The minimum absolute atomic E-state index is 0.105. The van der Waals surface area contributed by atoms with E-state index in [4.69, 9.17) is 9.84 Å². The summed E-state index contributed by atoms with van der Waals surface area (Å²) >= 11 is 1.49. The Morgan fingerprint density at radius 2 is 2.21 bits per heavy atom. The van der Waals surface area contributed by atoms with E-state index in [0.717, 1.165) is 56.8 Å². The Balaban J connectivity index is 1.47. The van der Waals surface area contributed by atoms with Crippen molar-refractivity contribution in [3.63, 3.8) is 0 Å². The first-order valence-corrected chi connectivity index (χ1v) is 11.8. The summed E-state index contributed by atoms with van der Waals surface area (Å²) < 4.78 is 8.01. The topological polar surface area (TPSA) is 109 Å². The number of carbonyl (C=O) groups excluding carboxylic acids is 1. The smallest absolute Gasteiger partial charge is 0.223 e. The third kappa shape index (κ3) is 3.29. The van der Waals surface area contributed by atoms with E-state index in [9.17, 15) is 10.1 Å². The number of rotatable bonds is 4.